The number of aliphatic carboxylic acids is 1. The predicted molar refractivity (Wildman–Crippen MR) is 113 cm³/mol. The van der Waals surface area contributed by atoms with Crippen molar-refractivity contribution in [2.75, 3.05) is 13.6 Å². The zero-order valence-electron chi connectivity index (χ0n) is 18.7. The molecular weight excluding hydrogens is 466 g/mol. The molecule has 5 rings (SSSR count). The Kier molecular flexibility index (Phi) is 5.33. The summed E-state index contributed by atoms with van der Waals surface area (Å²) in [5.74, 6) is -4.19. The molecule has 12 nitrogen and oxygen atoms in total. The standard InChI is InChI=1S/C23H25NO11/c1-24-7-6-22-16-10-2-3-11(25)17(16)35-18(22)13(4-5-23(22,32)14(24)8-10)33-20(30)12(26)9-15(27)34-21(31)19(28)29/h2-4,12,14,18,21,25-26,31-32H,5-9H2,1H3,(H,28,29)/t12-,14+,18-,21+,22-,23+/m0/s1. The highest BCUT2D eigenvalue weighted by molar-refractivity contribution is 5.83. The van der Waals surface area contributed by atoms with Crippen molar-refractivity contribution in [1.82, 2.24) is 4.90 Å². The molecule has 188 valence electrons. The van der Waals surface area contributed by atoms with Gasteiger partial charge in [-0.05, 0) is 44.1 Å². The highest BCUT2D eigenvalue weighted by Gasteiger charge is 2.72. The van der Waals surface area contributed by atoms with Gasteiger partial charge in [-0.1, -0.05) is 6.07 Å². The lowest BCUT2D eigenvalue weighted by atomic mass is 9.50. The Bertz CT molecular complexity index is 1150. The van der Waals surface area contributed by atoms with E-state index >= 15 is 0 Å². The number of phenols is 1. The van der Waals surface area contributed by atoms with E-state index in [0.717, 1.165) is 5.56 Å². The number of nitrogens with zero attached hydrogens (tertiary/aromatic N) is 1. The van der Waals surface area contributed by atoms with Crippen molar-refractivity contribution in [3.05, 3.63) is 35.1 Å². The summed E-state index contributed by atoms with van der Waals surface area (Å²) in [5, 5.41) is 50.3. The highest BCUT2D eigenvalue weighted by atomic mass is 16.7. The first-order valence-electron chi connectivity index (χ1n) is 11.1. The molecule has 0 aromatic heterocycles. The van der Waals surface area contributed by atoms with Gasteiger partial charge in [0.15, 0.2) is 23.7 Å². The van der Waals surface area contributed by atoms with Crippen molar-refractivity contribution >= 4 is 17.9 Å². The summed E-state index contributed by atoms with van der Waals surface area (Å²) in [6.07, 6.45) is -3.69. The van der Waals surface area contributed by atoms with E-state index in [0.29, 0.717) is 24.9 Å². The van der Waals surface area contributed by atoms with Gasteiger partial charge in [0.05, 0.1) is 17.4 Å². The first-order chi connectivity index (χ1) is 16.5. The summed E-state index contributed by atoms with van der Waals surface area (Å²) in [4.78, 5) is 37.0. The molecule has 1 spiro atoms. The number of phenolic OH excluding ortho intramolecular Hbond substituents is 1. The fraction of sp³-hybridized carbons (Fsp3) is 0.522. The summed E-state index contributed by atoms with van der Waals surface area (Å²) in [5.41, 5.74) is -0.634. The smallest absolute Gasteiger partial charge is 0.373 e. The van der Waals surface area contributed by atoms with Crippen LogP contribution >= 0.6 is 0 Å². The largest absolute Gasteiger partial charge is 0.504 e. The molecule has 2 aliphatic carbocycles. The van der Waals surface area contributed by atoms with E-state index < -0.39 is 53.8 Å². The van der Waals surface area contributed by atoms with Crippen LogP contribution in [0.5, 0.6) is 11.5 Å². The van der Waals surface area contributed by atoms with E-state index in [1.807, 2.05) is 7.05 Å². The number of likely N-dealkylation sites (tertiary alicyclic amines) is 1. The molecule has 12 heteroatoms. The van der Waals surface area contributed by atoms with Crippen LogP contribution in [0.1, 0.15) is 30.4 Å². The van der Waals surface area contributed by atoms with E-state index in [1.54, 1.807) is 6.07 Å². The maximum atomic E-state index is 12.6. The molecule has 0 unspecified atom stereocenters. The third-order valence-electron chi connectivity index (χ3n) is 7.66. The molecular formula is C23H25NO11. The molecule has 1 fully saturated rings. The lowest BCUT2D eigenvalue weighted by Crippen LogP contribution is -2.74. The Morgan fingerprint density at radius 1 is 1.29 bits per heavy atom. The van der Waals surface area contributed by atoms with Crippen LogP contribution in [0.4, 0.5) is 0 Å². The van der Waals surface area contributed by atoms with Crippen LogP contribution in [0.25, 0.3) is 0 Å². The number of aromatic hydroxyl groups is 1. The van der Waals surface area contributed by atoms with Crippen LogP contribution in [0.15, 0.2) is 24.0 Å². The van der Waals surface area contributed by atoms with E-state index in [-0.39, 0.29) is 29.7 Å². The van der Waals surface area contributed by atoms with Crippen molar-refractivity contribution in [3.63, 3.8) is 0 Å². The average Bonchev–Trinajstić information content (AvgIpc) is 3.15. The maximum absolute atomic E-state index is 12.6. The van der Waals surface area contributed by atoms with Crippen LogP contribution in [-0.4, -0.2) is 92.1 Å². The number of likely N-dealkylation sites (N-methyl/N-ethyl adjacent to an activating group) is 1. The van der Waals surface area contributed by atoms with Crippen LogP contribution in [-0.2, 0) is 35.7 Å². The summed E-state index contributed by atoms with van der Waals surface area (Å²) in [6, 6.07) is 3.09. The number of aliphatic hydroxyl groups is 3. The van der Waals surface area contributed by atoms with Crippen molar-refractivity contribution < 1.29 is 54.1 Å². The lowest BCUT2D eigenvalue weighted by Gasteiger charge is -2.61. The van der Waals surface area contributed by atoms with E-state index in [1.165, 1.54) is 12.1 Å². The normalized spacial score (nSPS) is 31.9. The third kappa shape index (κ3) is 3.24. The number of carbonyl (C=O) groups excluding carboxylic acids is 2. The Hall–Kier alpha value is -3.19. The van der Waals surface area contributed by atoms with Gasteiger partial charge >= 0.3 is 17.9 Å². The molecule has 1 saturated heterocycles. The molecule has 2 aliphatic heterocycles. The zero-order chi connectivity index (χ0) is 25.3. The minimum absolute atomic E-state index is 0.0319. The van der Waals surface area contributed by atoms with Gasteiger partial charge in [-0.3, -0.25) is 4.79 Å². The molecule has 5 N–H and O–H groups in total. The monoisotopic (exact) mass is 491 g/mol. The van der Waals surface area contributed by atoms with Crippen LogP contribution in [0.2, 0.25) is 0 Å². The first-order valence-corrected chi connectivity index (χ1v) is 11.1. The number of hydrogen-bond donors (Lipinski definition) is 5. The number of aliphatic hydroxyl groups excluding tert-OH is 2. The van der Waals surface area contributed by atoms with E-state index in [9.17, 15) is 29.7 Å². The number of hydrogen-bond acceptors (Lipinski definition) is 11. The van der Waals surface area contributed by atoms with Crippen molar-refractivity contribution in [2.45, 2.75) is 61.2 Å². The van der Waals surface area contributed by atoms with Gasteiger partial charge in [-0.15, -0.1) is 0 Å². The second-order valence-electron chi connectivity index (χ2n) is 9.42. The Labute approximate surface area is 198 Å². The number of ether oxygens (including phenoxy) is 3. The van der Waals surface area contributed by atoms with Gasteiger partial charge in [0.2, 0.25) is 0 Å². The van der Waals surface area contributed by atoms with Crippen molar-refractivity contribution in [2.24, 2.45) is 0 Å². The molecule has 6 atom stereocenters. The topological polar surface area (TPSA) is 183 Å². The minimum Gasteiger partial charge on any atom is -0.504 e. The number of piperidine rings is 1. The van der Waals surface area contributed by atoms with Gasteiger partial charge < -0.3 is 44.6 Å². The summed E-state index contributed by atoms with van der Waals surface area (Å²) in [7, 11) is 1.93. The molecule has 2 bridgehead atoms. The fourth-order valence-electron chi connectivity index (χ4n) is 6.09. The first kappa shape index (κ1) is 23.5. The van der Waals surface area contributed by atoms with Crippen molar-refractivity contribution in [1.29, 1.82) is 0 Å². The fourth-order valence-corrected chi connectivity index (χ4v) is 6.09. The number of rotatable bonds is 6. The van der Waals surface area contributed by atoms with E-state index in [4.69, 9.17) is 19.7 Å². The minimum atomic E-state index is -2.43. The predicted octanol–water partition coefficient (Wildman–Crippen LogP) is -1.09. The molecule has 1 aromatic rings. The molecule has 0 radical (unpaired) electrons. The average molecular weight is 491 g/mol. The quantitative estimate of drug-likeness (QED) is 0.240. The molecule has 1 aromatic carbocycles. The number of carbonyl (C=O) groups is 3. The Balaban J connectivity index is 1.42. The number of carboxylic acid groups (broad SMARTS) is 1. The van der Waals surface area contributed by atoms with Gasteiger partial charge in [0, 0.05) is 18.0 Å². The van der Waals surface area contributed by atoms with Gasteiger partial charge in [-0.25, -0.2) is 9.59 Å². The Morgan fingerprint density at radius 3 is 2.74 bits per heavy atom. The van der Waals surface area contributed by atoms with E-state index in [2.05, 4.69) is 9.64 Å². The molecule has 0 amide bonds. The number of benzene rings is 1. The second-order valence-corrected chi connectivity index (χ2v) is 9.42. The van der Waals surface area contributed by atoms with Crippen LogP contribution in [0.3, 0.4) is 0 Å². The highest BCUT2D eigenvalue weighted by Crippen LogP contribution is 2.65. The molecule has 0 saturated carbocycles. The van der Waals surface area contributed by atoms with Gasteiger partial charge in [0.1, 0.15) is 5.76 Å². The SMILES string of the molecule is CN1CC[C@]23c4c5ccc(O)c4O[C@H]2C(OC(=O)[C@@H](O)CC(=O)O[C@@H](O)C(=O)O)=CC[C@@]3(O)[C@H]1C5. The van der Waals surface area contributed by atoms with Crippen LogP contribution < -0.4 is 4.74 Å². The molecule has 4 aliphatic rings. The Morgan fingerprint density at radius 2 is 2.03 bits per heavy atom. The van der Waals surface area contributed by atoms with Crippen molar-refractivity contribution in [3.8, 4) is 11.5 Å². The van der Waals surface area contributed by atoms with Gasteiger partial charge in [-0.2, -0.15) is 0 Å². The zero-order valence-corrected chi connectivity index (χ0v) is 18.7. The lowest BCUT2D eigenvalue weighted by molar-refractivity contribution is -0.189. The second kappa shape index (κ2) is 7.92. The molecule has 2 heterocycles. The maximum Gasteiger partial charge on any atom is 0.373 e. The summed E-state index contributed by atoms with van der Waals surface area (Å²) < 4.78 is 15.7. The third-order valence-corrected chi connectivity index (χ3v) is 7.66. The summed E-state index contributed by atoms with van der Waals surface area (Å²) >= 11 is 0. The van der Waals surface area contributed by atoms with Gasteiger partial charge in [0.25, 0.3) is 6.29 Å². The van der Waals surface area contributed by atoms with Crippen LogP contribution in [0, 0.1) is 0 Å². The molecule has 35 heavy (non-hydrogen) atoms. The number of esters is 2. The number of carboxylic acids is 1. The summed E-state index contributed by atoms with van der Waals surface area (Å²) in [6.45, 7) is 0.628.